The molecule has 10 aromatic rings. The molecular weight excluding hydrogens is 845 g/mol. The van der Waals surface area contributed by atoms with Crippen molar-refractivity contribution < 1.29 is 0 Å². The predicted molar refractivity (Wildman–Crippen MR) is 309 cm³/mol. The second-order valence-electron chi connectivity index (χ2n) is 19.3. The van der Waals surface area contributed by atoms with Gasteiger partial charge in [0.15, 0.2) is 0 Å². The molecule has 360 valence electrons. The number of rotatable bonds is 4. The molecule has 2 heterocycles. The molecule has 0 spiro atoms. The molecule has 0 N–H and O–H groups in total. The van der Waals surface area contributed by atoms with Crippen LogP contribution in [0.5, 0.6) is 0 Å². The van der Waals surface area contributed by atoms with E-state index in [0.29, 0.717) is 0 Å². The van der Waals surface area contributed by atoms with Crippen LogP contribution in [-0.2, 0) is 23.9 Å². The Hall–Kier alpha value is -6.64. The van der Waals surface area contributed by atoms with Gasteiger partial charge in [0.2, 0.25) is 0 Å². The fourth-order valence-electron chi connectivity index (χ4n) is 11.8. The lowest BCUT2D eigenvalue weighted by atomic mass is 9.80. The van der Waals surface area contributed by atoms with E-state index in [1.54, 1.807) is 0 Å². The van der Waals surface area contributed by atoms with E-state index < -0.39 is 0 Å². The minimum absolute atomic E-state index is 0.0136. The monoisotopic (exact) mass is 923 g/mol. The van der Waals surface area contributed by atoms with E-state index >= 15 is 0 Å². The first-order valence-electron chi connectivity index (χ1n) is 26.3. The van der Waals surface area contributed by atoms with Crippen molar-refractivity contribution in [3.05, 3.63) is 213 Å². The Morgan fingerprint density at radius 3 is 1.26 bits per heavy atom. The van der Waals surface area contributed by atoms with Gasteiger partial charge in [-0.1, -0.05) is 239 Å². The molecule has 2 aromatic heterocycles. The topological polar surface area (TPSA) is 9.86 Å². The fourth-order valence-corrected chi connectivity index (χ4v) is 11.8. The van der Waals surface area contributed by atoms with Gasteiger partial charge in [0.1, 0.15) is 0 Å². The lowest BCUT2D eigenvalue weighted by Crippen LogP contribution is -2.15. The molecule has 0 saturated carbocycles. The molecule has 2 aliphatic carbocycles. The maximum Gasteiger partial charge on any atom is 0.0501 e. The van der Waals surface area contributed by atoms with E-state index in [9.17, 15) is 0 Å². The fraction of sp³-hybridized carbons (Fsp3) is 0.294. The third-order valence-electron chi connectivity index (χ3n) is 14.2. The summed E-state index contributed by atoms with van der Waals surface area (Å²) < 4.78 is 5.02. The number of aromatic nitrogens is 2. The van der Waals surface area contributed by atoms with Crippen molar-refractivity contribution in [2.45, 2.75) is 135 Å². The zero-order valence-corrected chi connectivity index (χ0v) is 45.3. The van der Waals surface area contributed by atoms with Crippen LogP contribution in [0.3, 0.4) is 0 Å². The highest BCUT2D eigenvalue weighted by atomic mass is 15.0. The van der Waals surface area contributed by atoms with Gasteiger partial charge in [0, 0.05) is 62.0 Å². The number of hydrogen-bond acceptors (Lipinski definition) is 0. The lowest BCUT2D eigenvalue weighted by molar-refractivity contribution is 0.661. The first kappa shape index (κ1) is 51.2. The van der Waals surface area contributed by atoms with E-state index in [1.165, 1.54) is 122 Å². The highest BCUT2D eigenvalue weighted by molar-refractivity contribution is 6.17. The van der Waals surface area contributed by atoms with Crippen LogP contribution in [0.15, 0.2) is 158 Å². The summed E-state index contributed by atoms with van der Waals surface area (Å²) in [6, 6.07) is 58.9. The van der Waals surface area contributed by atoms with Crippen LogP contribution in [0, 0.1) is 27.7 Å². The summed E-state index contributed by atoms with van der Waals surface area (Å²) >= 11 is 0. The van der Waals surface area contributed by atoms with E-state index in [4.69, 9.17) is 0 Å². The molecule has 8 aromatic carbocycles. The molecule has 0 bridgehead atoms. The van der Waals surface area contributed by atoms with E-state index in [2.05, 4.69) is 222 Å². The van der Waals surface area contributed by atoms with Gasteiger partial charge in [-0.2, -0.15) is 0 Å². The summed E-state index contributed by atoms with van der Waals surface area (Å²) in [5.41, 5.74) is 24.7. The molecule has 2 nitrogen and oxygen atoms in total. The zero-order valence-electron chi connectivity index (χ0n) is 45.3. The molecule has 0 saturated heterocycles. The number of para-hydroxylation sites is 2. The minimum atomic E-state index is -0.0136. The van der Waals surface area contributed by atoms with Crippen molar-refractivity contribution in [1.29, 1.82) is 0 Å². The minimum Gasteiger partial charge on any atom is -0.336 e. The van der Waals surface area contributed by atoms with Crippen LogP contribution in [0.4, 0.5) is 0 Å². The number of benzene rings is 8. The lowest BCUT2D eigenvalue weighted by Gasteiger charge is -2.22. The van der Waals surface area contributed by atoms with Crippen molar-refractivity contribution in [2.75, 3.05) is 0 Å². The van der Waals surface area contributed by atoms with Gasteiger partial charge in [0.25, 0.3) is 0 Å². The molecule has 0 atom stereocenters. The molecule has 0 fully saturated rings. The van der Waals surface area contributed by atoms with Gasteiger partial charge in [0.05, 0.1) is 5.52 Å². The van der Waals surface area contributed by atoms with Crippen molar-refractivity contribution in [3.8, 4) is 22.3 Å². The number of nitrogens with zero attached hydrogens (tertiary/aromatic N) is 2. The largest absolute Gasteiger partial charge is 0.336 e. The first-order valence-corrected chi connectivity index (χ1v) is 26.3. The van der Waals surface area contributed by atoms with Gasteiger partial charge in [-0.25, -0.2) is 0 Å². The van der Waals surface area contributed by atoms with E-state index in [0.717, 1.165) is 13.1 Å². The summed E-state index contributed by atoms with van der Waals surface area (Å²) in [6.07, 6.45) is 0. The van der Waals surface area contributed by atoms with Crippen LogP contribution in [0.25, 0.3) is 65.9 Å². The Morgan fingerprint density at radius 1 is 0.343 bits per heavy atom. The number of hydrogen-bond donors (Lipinski definition) is 0. The molecule has 0 amide bonds. The van der Waals surface area contributed by atoms with Gasteiger partial charge >= 0.3 is 0 Å². The molecule has 12 rings (SSSR count). The summed E-state index contributed by atoms with van der Waals surface area (Å²) in [5.74, 6) is 0. The van der Waals surface area contributed by atoms with Crippen molar-refractivity contribution >= 4 is 43.6 Å². The SMILES string of the molecule is CC.CC.CC.CC.Cc1cc(C)cc(Cn2c3ccccc3c3c4c(ccc32)-c2ccccc2C4(C)C)c1.Cc1cc(C)cc(Cn2c3ccccc3c3c4c(ccc32)C(C)(C)c2ccccc2-4)c1. The van der Waals surface area contributed by atoms with Crippen LogP contribution >= 0.6 is 0 Å². The second kappa shape index (κ2) is 21.2. The van der Waals surface area contributed by atoms with Crippen LogP contribution in [0.2, 0.25) is 0 Å². The van der Waals surface area contributed by atoms with Crippen molar-refractivity contribution in [2.24, 2.45) is 0 Å². The summed E-state index contributed by atoms with van der Waals surface area (Å²) in [5, 5.41) is 5.53. The number of aryl methyl sites for hydroxylation is 4. The van der Waals surface area contributed by atoms with Gasteiger partial charge in [-0.3, -0.25) is 0 Å². The normalized spacial score (nSPS) is 12.9. The third-order valence-corrected chi connectivity index (χ3v) is 14.2. The Morgan fingerprint density at radius 2 is 0.743 bits per heavy atom. The van der Waals surface area contributed by atoms with Crippen molar-refractivity contribution in [1.82, 2.24) is 9.13 Å². The summed E-state index contributed by atoms with van der Waals surface area (Å²) in [6.45, 7) is 36.0. The molecule has 2 heteroatoms. The molecular formula is C68H78N2. The van der Waals surface area contributed by atoms with E-state index in [1.807, 2.05) is 55.4 Å². The van der Waals surface area contributed by atoms with Gasteiger partial charge < -0.3 is 9.13 Å². The standard InChI is InChI=1S/2C30H27N.4C2H6/c1-19-15-20(2)17-21(16-19)18-31-26-12-8-6-10-24(26)28-27(31)14-13-23-22-9-5-7-11-25(22)30(3,4)29(23)28;1-19-15-20(2)17-21(16-19)18-31-26-12-8-6-10-23(26)29-27(31)14-13-25-28(29)22-9-5-7-11-24(22)30(25,3)4;4*1-2/h2*5-17H,18H2,1-4H3;4*1-2H3. The second-order valence-corrected chi connectivity index (χ2v) is 19.3. The Kier molecular flexibility index (Phi) is 15.5. The van der Waals surface area contributed by atoms with E-state index in [-0.39, 0.29) is 10.8 Å². The Labute approximate surface area is 421 Å². The molecule has 2 aliphatic rings. The summed E-state index contributed by atoms with van der Waals surface area (Å²) in [7, 11) is 0. The molecule has 0 radical (unpaired) electrons. The Bertz CT molecular complexity index is 3410. The quantitative estimate of drug-likeness (QED) is 0.166. The highest BCUT2D eigenvalue weighted by Gasteiger charge is 2.39. The van der Waals surface area contributed by atoms with Gasteiger partial charge in [-0.15, -0.1) is 0 Å². The Balaban J connectivity index is 0.000000181. The average Bonchev–Trinajstić information content (AvgIpc) is 4.02. The van der Waals surface area contributed by atoms with Crippen molar-refractivity contribution in [3.63, 3.8) is 0 Å². The third kappa shape index (κ3) is 8.80. The molecule has 70 heavy (non-hydrogen) atoms. The van der Waals surface area contributed by atoms with Gasteiger partial charge in [-0.05, 0) is 108 Å². The zero-order chi connectivity index (χ0) is 50.7. The number of fused-ring (bicyclic) bond motifs is 14. The maximum atomic E-state index is 2.51. The van der Waals surface area contributed by atoms with Crippen LogP contribution in [0.1, 0.15) is 139 Å². The van der Waals surface area contributed by atoms with Crippen LogP contribution in [-0.4, -0.2) is 9.13 Å². The molecule has 0 unspecified atom stereocenters. The molecule has 0 aliphatic heterocycles. The average molecular weight is 923 g/mol. The van der Waals surface area contributed by atoms with Crippen LogP contribution < -0.4 is 0 Å². The first-order chi connectivity index (χ1) is 33.9. The predicted octanol–water partition coefficient (Wildman–Crippen LogP) is 19.6. The summed E-state index contributed by atoms with van der Waals surface area (Å²) in [4.78, 5) is 0. The maximum absolute atomic E-state index is 2.51. The highest BCUT2D eigenvalue weighted by Crippen LogP contribution is 2.54. The smallest absolute Gasteiger partial charge is 0.0501 e.